The number of hydrogen-bond donors (Lipinski definition) is 2. The lowest BCUT2D eigenvalue weighted by atomic mass is 9.80. The van der Waals surface area contributed by atoms with Gasteiger partial charge in [0.15, 0.2) is 6.61 Å². The molecule has 2 aromatic rings. The summed E-state index contributed by atoms with van der Waals surface area (Å²) in [5.74, 6) is -0.387. The Hall–Kier alpha value is -2.45. The topological polar surface area (TPSA) is 80.3 Å². The predicted octanol–water partition coefficient (Wildman–Crippen LogP) is 4.84. The molecule has 0 spiro atoms. The molecule has 0 unspecified atom stereocenters. The minimum absolute atomic E-state index is 0.0692. The summed E-state index contributed by atoms with van der Waals surface area (Å²) >= 11 is 11.8. The Morgan fingerprint density at radius 2 is 1.84 bits per heavy atom. The van der Waals surface area contributed by atoms with Gasteiger partial charge >= 0.3 is 0 Å². The molecular weight excluding hydrogens is 463 g/mol. The number of carbonyl (C=O) groups excluding carboxylic acids is 2. The van der Waals surface area contributed by atoms with E-state index >= 15 is 0 Å². The molecule has 1 heterocycles. The van der Waals surface area contributed by atoms with Gasteiger partial charge in [0.2, 0.25) is 5.91 Å². The number of hydrogen-bond acceptors (Lipinski definition) is 4. The number of benzene rings is 1. The largest absolute Gasteiger partial charge is 0.484 e. The molecule has 0 radical (unpaired) electrons. The highest BCUT2D eigenvalue weighted by Gasteiger charge is 2.40. The smallest absolute Gasteiger partial charge is 0.265 e. The van der Waals surface area contributed by atoms with Crippen molar-refractivity contribution in [3.8, 4) is 5.75 Å². The van der Waals surface area contributed by atoms with E-state index in [1.807, 2.05) is 0 Å². The van der Waals surface area contributed by atoms with Gasteiger partial charge in [0, 0.05) is 17.8 Å². The van der Waals surface area contributed by atoms with Crippen LogP contribution in [-0.2, 0) is 16.1 Å². The molecule has 172 valence electrons. The van der Waals surface area contributed by atoms with Gasteiger partial charge in [-0.3, -0.25) is 14.6 Å². The van der Waals surface area contributed by atoms with E-state index in [-0.39, 0.29) is 24.6 Å². The van der Waals surface area contributed by atoms with Crippen molar-refractivity contribution in [3.05, 3.63) is 57.8 Å². The molecule has 3 rings (SSSR count). The van der Waals surface area contributed by atoms with Gasteiger partial charge in [-0.25, -0.2) is 8.78 Å². The Morgan fingerprint density at radius 3 is 2.47 bits per heavy atom. The fraction of sp³-hybridized carbons (Fsp3) is 0.409. The Balaban J connectivity index is 1.59. The maximum absolute atomic E-state index is 13.0. The van der Waals surface area contributed by atoms with E-state index < -0.39 is 17.9 Å². The number of pyridine rings is 1. The van der Waals surface area contributed by atoms with E-state index in [2.05, 4.69) is 15.6 Å². The van der Waals surface area contributed by atoms with Gasteiger partial charge in [0.25, 0.3) is 12.3 Å². The van der Waals surface area contributed by atoms with E-state index in [0.29, 0.717) is 34.3 Å². The number of ether oxygens (including phenoxy) is 1. The first-order valence-corrected chi connectivity index (χ1v) is 10.9. The van der Waals surface area contributed by atoms with Crippen LogP contribution in [0.3, 0.4) is 0 Å². The predicted molar refractivity (Wildman–Crippen MR) is 117 cm³/mol. The zero-order valence-corrected chi connectivity index (χ0v) is 18.7. The second kappa shape index (κ2) is 10.9. The fourth-order valence-corrected chi connectivity index (χ4v) is 3.88. The summed E-state index contributed by atoms with van der Waals surface area (Å²) in [5.41, 5.74) is -0.791. The summed E-state index contributed by atoms with van der Waals surface area (Å²) in [6, 6.07) is 7.38. The van der Waals surface area contributed by atoms with Gasteiger partial charge in [-0.1, -0.05) is 42.5 Å². The normalized spacial score (nSPS) is 15.3. The van der Waals surface area contributed by atoms with Crippen LogP contribution in [0.25, 0.3) is 0 Å². The molecule has 1 fully saturated rings. The lowest BCUT2D eigenvalue weighted by molar-refractivity contribution is -0.136. The van der Waals surface area contributed by atoms with Crippen molar-refractivity contribution in [1.82, 2.24) is 15.6 Å². The summed E-state index contributed by atoms with van der Waals surface area (Å²) in [6.07, 6.45) is 2.04. The van der Waals surface area contributed by atoms with Crippen molar-refractivity contribution in [2.45, 2.75) is 50.6 Å². The third-order valence-electron chi connectivity index (χ3n) is 5.31. The number of rotatable bonds is 8. The van der Waals surface area contributed by atoms with Gasteiger partial charge in [-0.2, -0.15) is 0 Å². The number of halogens is 4. The van der Waals surface area contributed by atoms with Crippen molar-refractivity contribution < 1.29 is 23.1 Å². The molecule has 0 saturated heterocycles. The first-order valence-electron chi connectivity index (χ1n) is 10.2. The van der Waals surface area contributed by atoms with E-state index in [4.69, 9.17) is 27.9 Å². The summed E-state index contributed by atoms with van der Waals surface area (Å²) < 4.78 is 30.8. The Kier molecular flexibility index (Phi) is 8.26. The maximum Gasteiger partial charge on any atom is 0.265 e. The van der Waals surface area contributed by atoms with Gasteiger partial charge in [0.1, 0.15) is 11.3 Å². The molecule has 32 heavy (non-hydrogen) atoms. The Bertz CT molecular complexity index is 952. The van der Waals surface area contributed by atoms with E-state index in [1.54, 1.807) is 12.1 Å². The first kappa shape index (κ1) is 24.2. The minimum atomic E-state index is -2.60. The molecule has 2 amide bonds. The molecule has 1 aliphatic carbocycles. The van der Waals surface area contributed by atoms with Crippen molar-refractivity contribution in [3.63, 3.8) is 0 Å². The number of aromatic nitrogens is 1. The van der Waals surface area contributed by atoms with Crippen LogP contribution in [0.1, 0.15) is 49.8 Å². The van der Waals surface area contributed by atoms with Crippen molar-refractivity contribution in [1.29, 1.82) is 0 Å². The van der Waals surface area contributed by atoms with Crippen LogP contribution < -0.4 is 15.4 Å². The van der Waals surface area contributed by atoms with Gasteiger partial charge < -0.3 is 15.4 Å². The summed E-state index contributed by atoms with van der Waals surface area (Å²) in [5, 5.41) is 6.29. The Labute approximate surface area is 194 Å². The third-order valence-corrected chi connectivity index (χ3v) is 6.05. The lowest BCUT2D eigenvalue weighted by Gasteiger charge is -2.36. The van der Waals surface area contributed by atoms with Gasteiger partial charge in [-0.05, 0) is 37.1 Å². The number of carbonyl (C=O) groups is 2. The SMILES string of the molecule is O=C(COc1ccc(Cl)c(Cl)c1)NC1(C(=O)NCc2ccc(C(F)F)cn2)CCCCC1. The molecule has 0 aliphatic heterocycles. The van der Waals surface area contributed by atoms with Crippen LogP contribution in [0.4, 0.5) is 8.78 Å². The first-order chi connectivity index (χ1) is 15.3. The van der Waals surface area contributed by atoms with Crippen molar-refractivity contribution >= 4 is 35.0 Å². The van der Waals surface area contributed by atoms with E-state index in [9.17, 15) is 18.4 Å². The van der Waals surface area contributed by atoms with Crippen molar-refractivity contribution in [2.75, 3.05) is 6.61 Å². The van der Waals surface area contributed by atoms with Crippen LogP contribution in [-0.4, -0.2) is 28.9 Å². The Morgan fingerprint density at radius 1 is 1.09 bits per heavy atom. The second-order valence-corrected chi connectivity index (χ2v) is 8.44. The zero-order chi connectivity index (χ0) is 23.1. The second-order valence-electron chi connectivity index (χ2n) is 7.62. The number of nitrogens with zero attached hydrogens (tertiary/aromatic N) is 1. The minimum Gasteiger partial charge on any atom is -0.484 e. The lowest BCUT2D eigenvalue weighted by Crippen LogP contribution is -2.60. The molecule has 1 aromatic carbocycles. The number of nitrogens with one attached hydrogen (secondary N) is 2. The van der Waals surface area contributed by atoms with Crippen LogP contribution in [0.15, 0.2) is 36.5 Å². The van der Waals surface area contributed by atoms with E-state index in [1.165, 1.54) is 18.2 Å². The molecule has 10 heteroatoms. The molecule has 1 saturated carbocycles. The van der Waals surface area contributed by atoms with Crippen LogP contribution >= 0.6 is 23.2 Å². The average molecular weight is 486 g/mol. The highest BCUT2D eigenvalue weighted by molar-refractivity contribution is 6.42. The summed E-state index contributed by atoms with van der Waals surface area (Å²) in [4.78, 5) is 29.5. The van der Waals surface area contributed by atoms with Crippen LogP contribution in [0.5, 0.6) is 5.75 Å². The highest BCUT2D eigenvalue weighted by atomic mass is 35.5. The zero-order valence-electron chi connectivity index (χ0n) is 17.2. The van der Waals surface area contributed by atoms with Gasteiger partial charge in [0.05, 0.1) is 22.3 Å². The molecule has 0 bridgehead atoms. The summed E-state index contributed by atoms with van der Waals surface area (Å²) in [7, 11) is 0. The third kappa shape index (κ3) is 6.29. The van der Waals surface area contributed by atoms with Crippen molar-refractivity contribution in [2.24, 2.45) is 0 Å². The van der Waals surface area contributed by atoms with E-state index in [0.717, 1.165) is 25.5 Å². The highest BCUT2D eigenvalue weighted by Crippen LogP contribution is 2.29. The molecule has 1 aliphatic rings. The molecular formula is C22H23Cl2F2N3O3. The maximum atomic E-state index is 13.0. The number of amides is 2. The average Bonchev–Trinajstić information content (AvgIpc) is 2.79. The quantitative estimate of drug-likeness (QED) is 0.560. The molecule has 0 atom stereocenters. The van der Waals surface area contributed by atoms with Gasteiger partial charge in [-0.15, -0.1) is 0 Å². The molecule has 6 nitrogen and oxygen atoms in total. The van der Waals surface area contributed by atoms with Crippen LogP contribution in [0, 0.1) is 0 Å². The molecule has 1 aromatic heterocycles. The van der Waals surface area contributed by atoms with Crippen LogP contribution in [0.2, 0.25) is 10.0 Å². The summed E-state index contributed by atoms with van der Waals surface area (Å²) in [6.45, 7) is -0.219. The molecule has 2 N–H and O–H groups in total. The fourth-order valence-electron chi connectivity index (χ4n) is 3.59. The monoisotopic (exact) mass is 485 g/mol. The number of alkyl halides is 2. The standard InChI is InChI=1S/C22H23Cl2F2N3O3/c23-17-7-6-16(10-18(17)24)32-13-19(30)29-22(8-2-1-3-9-22)21(31)28-12-15-5-4-14(11-27-15)20(25)26/h4-7,10-11,20H,1-3,8-9,12-13H2,(H,28,31)(H,29,30).